The SMILES string of the molecule is COC(=O)c1cc2c(nc(N)c(=O)n2-c2ccc3c(c2)N(c2ccccc2)CCO3)s1. The average molecular weight is 434 g/mol. The van der Waals surface area contributed by atoms with Crippen LogP contribution < -0.4 is 20.9 Å². The minimum absolute atomic E-state index is 0.139. The van der Waals surface area contributed by atoms with Gasteiger partial charge in [-0.05, 0) is 36.4 Å². The molecule has 8 nitrogen and oxygen atoms in total. The van der Waals surface area contributed by atoms with E-state index in [0.29, 0.717) is 34.1 Å². The highest BCUT2D eigenvalue weighted by Crippen LogP contribution is 2.38. The van der Waals surface area contributed by atoms with E-state index in [-0.39, 0.29) is 5.82 Å². The molecule has 1 aliphatic rings. The Morgan fingerprint density at radius 3 is 2.74 bits per heavy atom. The molecule has 1 aliphatic heterocycles. The number of hydrogen-bond acceptors (Lipinski definition) is 8. The Morgan fingerprint density at radius 2 is 1.97 bits per heavy atom. The number of carbonyl (C=O) groups excluding carboxylic acids is 1. The van der Waals surface area contributed by atoms with Crippen molar-refractivity contribution in [2.75, 3.05) is 30.9 Å². The summed E-state index contributed by atoms with van der Waals surface area (Å²) in [5.41, 5.74) is 8.42. The van der Waals surface area contributed by atoms with Crippen LogP contribution in [0, 0.1) is 0 Å². The topological polar surface area (TPSA) is 99.7 Å². The highest BCUT2D eigenvalue weighted by molar-refractivity contribution is 7.20. The first-order valence-electron chi connectivity index (χ1n) is 9.57. The van der Waals surface area contributed by atoms with Crippen molar-refractivity contribution in [3.05, 3.63) is 69.8 Å². The van der Waals surface area contributed by atoms with E-state index in [1.165, 1.54) is 11.7 Å². The molecule has 0 bridgehead atoms. The molecule has 0 saturated heterocycles. The third kappa shape index (κ3) is 3.19. The molecule has 0 amide bonds. The van der Waals surface area contributed by atoms with Gasteiger partial charge in [0.05, 0.1) is 30.5 Å². The number of anilines is 3. The molecule has 0 fully saturated rings. The van der Waals surface area contributed by atoms with Crippen molar-refractivity contribution >= 4 is 44.8 Å². The predicted octanol–water partition coefficient (Wildman–Crippen LogP) is 3.35. The molecule has 9 heteroatoms. The molecule has 2 N–H and O–H groups in total. The van der Waals surface area contributed by atoms with Gasteiger partial charge in [-0.1, -0.05) is 18.2 Å². The van der Waals surface area contributed by atoms with Gasteiger partial charge in [0.1, 0.15) is 22.1 Å². The molecule has 2 aromatic carbocycles. The molecule has 156 valence electrons. The van der Waals surface area contributed by atoms with Gasteiger partial charge >= 0.3 is 5.97 Å². The summed E-state index contributed by atoms with van der Waals surface area (Å²) in [6.45, 7) is 1.23. The van der Waals surface area contributed by atoms with Crippen LogP contribution in [-0.2, 0) is 4.74 Å². The van der Waals surface area contributed by atoms with Crippen molar-refractivity contribution in [1.82, 2.24) is 9.55 Å². The first-order valence-corrected chi connectivity index (χ1v) is 10.4. The Morgan fingerprint density at radius 1 is 1.16 bits per heavy atom. The number of para-hydroxylation sites is 1. The Labute approximate surface area is 181 Å². The van der Waals surface area contributed by atoms with E-state index >= 15 is 0 Å². The zero-order chi connectivity index (χ0) is 21.5. The number of nitrogen functional groups attached to an aromatic ring is 1. The summed E-state index contributed by atoms with van der Waals surface area (Å²) in [7, 11) is 1.31. The maximum atomic E-state index is 13.0. The lowest BCUT2D eigenvalue weighted by Crippen LogP contribution is -2.29. The first-order chi connectivity index (χ1) is 15.1. The number of ether oxygens (including phenoxy) is 2. The van der Waals surface area contributed by atoms with Gasteiger partial charge in [-0.15, -0.1) is 11.3 Å². The standard InChI is InChI=1S/C22H18N4O4S/c1-29-22(28)18-12-16-20(31-18)24-19(23)21(27)26(16)14-7-8-17-15(11-14)25(9-10-30-17)13-5-3-2-4-6-13/h2-8,11-12H,9-10H2,1H3,(H2,23,24). The van der Waals surface area contributed by atoms with Crippen LogP contribution in [0.1, 0.15) is 9.67 Å². The van der Waals surface area contributed by atoms with Crippen LogP contribution in [0.5, 0.6) is 5.75 Å². The molecule has 0 unspecified atom stereocenters. The third-order valence-corrected chi connectivity index (χ3v) is 6.10. The number of nitrogens with zero attached hydrogens (tertiary/aromatic N) is 3. The van der Waals surface area contributed by atoms with Crippen molar-refractivity contribution in [1.29, 1.82) is 0 Å². The molecule has 0 radical (unpaired) electrons. The number of fused-ring (bicyclic) bond motifs is 2. The number of thiophene rings is 1. The Hall–Kier alpha value is -3.85. The summed E-state index contributed by atoms with van der Waals surface area (Å²) in [6.07, 6.45) is 0. The van der Waals surface area contributed by atoms with E-state index in [1.54, 1.807) is 12.1 Å². The summed E-state index contributed by atoms with van der Waals surface area (Å²) in [5, 5.41) is 0. The van der Waals surface area contributed by atoms with E-state index < -0.39 is 11.5 Å². The van der Waals surface area contributed by atoms with Crippen molar-refractivity contribution in [2.45, 2.75) is 0 Å². The molecule has 0 saturated carbocycles. The zero-order valence-electron chi connectivity index (χ0n) is 16.6. The molecule has 5 rings (SSSR count). The largest absolute Gasteiger partial charge is 0.490 e. The van der Waals surface area contributed by atoms with Gasteiger partial charge < -0.3 is 20.1 Å². The van der Waals surface area contributed by atoms with E-state index in [4.69, 9.17) is 15.2 Å². The average Bonchev–Trinajstić information content (AvgIpc) is 3.22. The molecule has 31 heavy (non-hydrogen) atoms. The molecule has 0 atom stereocenters. The van der Waals surface area contributed by atoms with Crippen LogP contribution in [-0.4, -0.2) is 35.8 Å². The van der Waals surface area contributed by atoms with Crippen LogP contribution in [0.4, 0.5) is 17.2 Å². The number of esters is 1. The number of carbonyl (C=O) groups is 1. The van der Waals surface area contributed by atoms with Gasteiger partial charge in [0, 0.05) is 5.69 Å². The summed E-state index contributed by atoms with van der Waals surface area (Å²) < 4.78 is 12.1. The van der Waals surface area contributed by atoms with E-state index in [9.17, 15) is 9.59 Å². The zero-order valence-corrected chi connectivity index (χ0v) is 17.4. The van der Waals surface area contributed by atoms with E-state index in [2.05, 4.69) is 9.88 Å². The maximum absolute atomic E-state index is 13.0. The molecular formula is C22H18N4O4S. The number of benzene rings is 2. The van der Waals surface area contributed by atoms with Gasteiger partial charge in [-0.3, -0.25) is 9.36 Å². The molecule has 2 aromatic heterocycles. The Bertz CT molecular complexity index is 1360. The van der Waals surface area contributed by atoms with E-state index in [0.717, 1.165) is 28.5 Å². The van der Waals surface area contributed by atoms with Crippen LogP contribution >= 0.6 is 11.3 Å². The minimum Gasteiger partial charge on any atom is -0.490 e. The first kappa shape index (κ1) is 19.1. The van der Waals surface area contributed by atoms with Gasteiger partial charge in [0.25, 0.3) is 5.56 Å². The molecule has 0 aliphatic carbocycles. The van der Waals surface area contributed by atoms with Gasteiger partial charge in [-0.25, -0.2) is 9.78 Å². The van der Waals surface area contributed by atoms with Crippen molar-refractivity contribution in [3.8, 4) is 11.4 Å². The molecular weight excluding hydrogens is 416 g/mol. The number of hydrogen-bond donors (Lipinski definition) is 1. The lowest BCUT2D eigenvalue weighted by Gasteiger charge is -2.31. The smallest absolute Gasteiger partial charge is 0.348 e. The summed E-state index contributed by atoms with van der Waals surface area (Å²) in [5.74, 6) is 0.0973. The monoisotopic (exact) mass is 434 g/mol. The number of aromatic nitrogens is 2. The fourth-order valence-electron chi connectivity index (χ4n) is 3.67. The Kier molecular flexibility index (Phi) is 4.59. The van der Waals surface area contributed by atoms with Crippen LogP contribution in [0.15, 0.2) is 59.4 Å². The van der Waals surface area contributed by atoms with Gasteiger partial charge in [0.15, 0.2) is 5.82 Å². The molecule has 0 spiro atoms. The van der Waals surface area contributed by atoms with Crippen LogP contribution in [0.25, 0.3) is 16.0 Å². The van der Waals surface area contributed by atoms with Gasteiger partial charge in [-0.2, -0.15) is 0 Å². The van der Waals surface area contributed by atoms with Crippen molar-refractivity contribution in [3.63, 3.8) is 0 Å². The Balaban J connectivity index is 1.71. The van der Waals surface area contributed by atoms with E-state index in [1.807, 2.05) is 42.5 Å². The maximum Gasteiger partial charge on any atom is 0.348 e. The lowest BCUT2D eigenvalue weighted by atomic mass is 10.1. The number of rotatable bonds is 3. The predicted molar refractivity (Wildman–Crippen MR) is 120 cm³/mol. The van der Waals surface area contributed by atoms with Crippen molar-refractivity contribution < 1.29 is 14.3 Å². The highest BCUT2D eigenvalue weighted by atomic mass is 32.1. The number of nitrogens with two attached hydrogens (primary N) is 1. The normalized spacial score (nSPS) is 13.0. The van der Waals surface area contributed by atoms with Crippen LogP contribution in [0.2, 0.25) is 0 Å². The second kappa shape index (κ2) is 7.44. The lowest BCUT2D eigenvalue weighted by molar-refractivity contribution is 0.0606. The summed E-state index contributed by atoms with van der Waals surface area (Å²) in [4.78, 5) is 32.1. The third-order valence-electron chi connectivity index (χ3n) is 5.10. The quantitative estimate of drug-likeness (QED) is 0.494. The van der Waals surface area contributed by atoms with Crippen LogP contribution in [0.3, 0.4) is 0 Å². The fourth-order valence-corrected chi connectivity index (χ4v) is 4.62. The minimum atomic E-state index is -0.491. The second-order valence-electron chi connectivity index (χ2n) is 6.92. The highest BCUT2D eigenvalue weighted by Gasteiger charge is 2.22. The van der Waals surface area contributed by atoms with Crippen molar-refractivity contribution in [2.24, 2.45) is 0 Å². The molecule has 4 aromatic rings. The van der Waals surface area contributed by atoms with Gasteiger partial charge in [0.2, 0.25) is 0 Å². The summed E-state index contributed by atoms with van der Waals surface area (Å²) >= 11 is 1.13. The summed E-state index contributed by atoms with van der Waals surface area (Å²) in [6, 6.07) is 17.1. The molecule has 3 heterocycles. The second-order valence-corrected chi connectivity index (χ2v) is 7.95. The fraction of sp³-hybridized carbons (Fsp3) is 0.136. The number of methoxy groups -OCH3 is 1.